The van der Waals surface area contributed by atoms with Gasteiger partial charge in [0.05, 0.1) is 35.0 Å². The van der Waals surface area contributed by atoms with Crippen LogP contribution in [0.1, 0.15) is 36.0 Å². The average molecular weight is 430 g/mol. The second-order valence-electron chi connectivity index (χ2n) is 5.89. The monoisotopic (exact) mass is 429 g/mol. The summed E-state index contributed by atoms with van der Waals surface area (Å²) >= 11 is 7.29. The molecule has 0 aliphatic heterocycles. The van der Waals surface area contributed by atoms with Gasteiger partial charge >= 0.3 is 5.97 Å². The van der Waals surface area contributed by atoms with Crippen LogP contribution in [0.15, 0.2) is 54.2 Å². The minimum absolute atomic E-state index is 0.149. The molecule has 0 aliphatic rings. The quantitative estimate of drug-likeness (QED) is 0.581. The van der Waals surface area contributed by atoms with E-state index in [1.54, 1.807) is 41.9 Å². The van der Waals surface area contributed by atoms with E-state index in [9.17, 15) is 14.4 Å². The maximum Gasteiger partial charge on any atom is 0.337 e. The number of methoxy groups -OCH3 is 1. The number of amides is 2. The predicted molar refractivity (Wildman–Crippen MR) is 110 cm³/mol. The molecule has 3 rings (SSSR count). The third-order valence-corrected chi connectivity index (χ3v) is 5.00. The average Bonchev–Trinajstić information content (AvgIpc) is 3.26. The van der Waals surface area contributed by atoms with Crippen molar-refractivity contribution in [1.82, 2.24) is 10.3 Å². The zero-order valence-corrected chi connectivity index (χ0v) is 16.8. The second-order valence-corrected chi connectivity index (χ2v) is 7.19. The molecule has 0 aliphatic carbocycles. The van der Waals surface area contributed by atoms with E-state index in [0.29, 0.717) is 26.7 Å². The molecule has 7 nitrogen and oxygen atoms in total. The molecule has 1 aromatic heterocycles. The van der Waals surface area contributed by atoms with Gasteiger partial charge in [-0.25, -0.2) is 4.79 Å². The van der Waals surface area contributed by atoms with Gasteiger partial charge < -0.3 is 15.4 Å². The number of carbonyl (C=O) groups excluding carboxylic acids is 3. The van der Waals surface area contributed by atoms with E-state index in [-0.39, 0.29) is 18.0 Å². The van der Waals surface area contributed by atoms with E-state index >= 15 is 0 Å². The lowest BCUT2D eigenvalue weighted by Gasteiger charge is -2.11. The molecule has 148 valence electrons. The maximum atomic E-state index is 12.5. The molecule has 0 spiro atoms. The summed E-state index contributed by atoms with van der Waals surface area (Å²) in [4.78, 5) is 41.0. The molecule has 0 fully saturated rings. The van der Waals surface area contributed by atoms with Crippen molar-refractivity contribution in [2.24, 2.45) is 0 Å². The summed E-state index contributed by atoms with van der Waals surface area (Å²) in [7, 11) is 1.27. The Morgan fingerprint density at radius 1 is 1.14 bits per heavy atom. The zero-order chi connectivity index (χ0) is 20.8. The SMILES string of the molecule is COC(=O)c1cc(CNC(=O)c2cncs2)cc(NC(=O)c2ccccc2Cl)c1. The molecule has 9 heteroatoms. The number of carbonyl (C=O) groups is 3. The van der Waals surface area contributed by atoms with Crippen molar-refractivity contribution >= 4 is 46.4 Å². The lowest BCUT2D eigenvalue weighted by Crippen LogP contribution is -2.22. The van der Waals surface area contributed by atoms with Gasteiger partial charge in [0.25, 0.3) is 11.8 Å². The third-order valence-electron chi connectivity index (χ3n) is 3.90. The molecule has 1 heterocycles. The summed E-state index contributed by atoms with van der Waals surface area (Å²) in [6, 6.07) is 11.4. The van der Waals surface area contributed by atoms with Gasteiger partial charge in [-0.05, 0) is 35.9 Å². The van der Waals surface area contributed by atoms with E-state index in [2.05, 4.69) is 15.6 Å². The maximum absolute atomic E-state index is 12.5. The van der Waals surface area contributed by atoms with Crippen molar-refractivity contribution in [3.63, 3.8) is 0 Å². The molecule has 0 saturated carbocycles. The van der Waals surface area contributed by atoms with Crippen LogP contribution >= 0.6 is 22.9 Å². The lowest BCUT2D eigenvalue weighted by molar-refractivity contribution is 0.0600. The summed E-state index contributed by atoms with van der Waals surface area (Å²) in [6.07, 6.45) is 1.47. The minimum atomic E-state index is -0.561. The van der Waals surface area contributed by atoms with E-state index < -0.39 is 11.9 Å². The van der Waals surface area contributed by atoms with Crippen LogP contribution in [0, 0.1) is 0 Å². The molecular weight excluding hydrogens is 414 g/mol. The number of benzene rings is 2. The van der Waals surface area contributed by atoms with Gasteiger partial charge in [-0.3, -0.25) is 14.6 Å². The second kappa shape index (κ2) is 9.31. The predicted octanol–water partition coefficient (Wildman–Crippen LogP) is 3.77. The first kappa shape index (κ1) is 20.5. The fourth-order valence-electron chi connectivity index (χ4n) is 2.54. The van der Waals surface area contributed by atoms with Crippen LogP contribution in [-0.2, 0) is 11.3 Å². The number of rotatable bonds is 6. The fraction of sp³-hybridized carbons (Fsp3) is 0.100. The Labute approximate surface area is 175 Å². The number of anilines is 1. The molecule has 2 aromatic carbocycles. The molecule has 0 unspecified atom stereocenters. The van der Waals surface area contributed by atoms with E-state index in [1.165, 1.54) is 30.7 Å². The Morgan fingerprint density at radius 3 is 2.62 bits per heavy atom. The van der Waals surface area contributed by atoms with Crippen LogP contribution in [0.3, 0.4) is 0 Å². The molecular formula is C20H16ClN3O4S. The Kier molecular flexibility index (Phi) is 6.58. The standard InChI is InChI=1S/C20H16ClN3O4S/c1-28-20(27)13-6-12(9-23-19(26)17-10-22-11-29-17)7-14(8-13)24-18(25)15-4-2-3-5-16(15)21/h2-8,10-11H,9H2,1H3,(H,23,26)(H,24,25). The molecule has 0 atom stereocenters. The molecule has 2 amide bonds. The van der Waals surface area contributed by atoms with Crippen molar-refractivity contribution in [2.75, 3.05) is 12.4 Å². The van der Waals surface area contributed by atoms with Gasteiger partial charge in [-0.15, -0.1) is 11.3 Å². The Hall–Kier alpha value is -3.23. The Morgan fingerprint density at radius 2 is 1.93 bits per heavy atom. The van der Waals surface area contributed by atoms with Crippen LogP contribution in [0.5, 0.6) is 0 Å². The first-order valence-electron chi connectivity index (χ1n) is 8.43. The van der Waals surface area contributed by atoms with Crippen LogP contribution < -0.4 is 10.6 Å². The number of hydrogen-bond donors (Lipinski definition) is 2. The molecule has 0 radical (unpaired) electrons. The van der Waals surface area contributed by atoms with Gasteiger partial charge in [0.15, 0.2) is 0 Å². The third kappa shape index (κ3) is 5.18. The Bertz CT molecular complexity index is 1050. The number of hydrogen-bond acceptors (Lipinski definition) is 6. The molecule has 3 aromatic rings. The molecule has 0 bridgehead atoms. The largest absolute Gasteiger partial charge is 0.465 e. The van der Waals surface area contributed by atoms with Crippen molar-refractivity contribution in [2.45, 2.75) is 6.54 Å². The van der Waals surface area contributed by atoms with Crippen LogP contribution in [-0.4, -0.2) is 29.9 Å². The molecule has 29 heavy (non-hydrogen) atoms. The Balaban J connectivity index is 1.81. The number of esters is 1. The summed E-state index contributed by atoms with van der Waals surface area (Å²) < 4.78 is 4.77. The summed E-state index contributed by atoms with van der Waals surface area (Å²) in [6.45, 7) is 0.149. The minimum Gasteiger partial charge on any atom is -0.465 e. The topological polar surface area (TPSA) is 97.4 Å². The van der Waals surface area contributed by atoms with Crippen LogP contribution in [0.4, 0.5) is 5.69 Å². The first-order valence-corrected chi connectivity index (χ1v) is 9.68. The summed E-state index contributed by atoms with van der Waals surface area (Å²) in [5.41, 5.74) is 3.10. The zero-order valence-electron chi connectivity index (χ0n) is 15.3. The highest BCUT2D eigenvalue weighted by Gasteiger charge is 2.14. The van der Waals surface area contributed by atoms with Crippen molar-refractivity contribution in [3.8, 4) is 0 Å². The van der Waals surface area contributed by atoms with Crippen LogP contribution in [0.2, 0.25) is 5.02 Å². The van der Waals surface area contributed by atoms with Crippen LogP contribution in [0.25, 0.3) is 0 Å². The first-order chi connectivity index (χ1) is 14.0. The number of nitrogens with zero attached hydrogens (tertiary/aromatic N) is 1. The van der Waals surface area contributed by atoms with E-state index in [1.807, 2.05) is 0 Å². The smallest absolute Gasteiger partial charge is 0.337 e. The van der Waals surface area contributed by atoms with Gasteiger partial charge in [0, 0.05) is 12.2 Å². The van der Waals surface area contributed by atoms with E-state index in [0.717, 1.165) is 0 Å². The van der Waals surface area contributed by atoms with Gasteiger partial charge in [-0.2, -0.15) is 0 Å². The van der Waals surface area contributed by atoms with Crippen molar-refractivity contribution < 1.29 is 19.1 Å². The fourth-order valence-corrected chi connectivity index (χ4v) is 3.30. The highest BCUT2D eigenvalue weighted by Crippen LogP contribution is 2.20. The molecule has 0 saturated heterocycles. The number of aromatic nitrogens is 1. The number of nitrogens with one attached hydrogen (secondary N) is 2. The van der Waals surface area contributed by atoms with Crippen molar-refractivity contribution in [3.05, 3.63) is 80.8 Å². The number of ether oxygens (including phenoxy) is 1. The van der Waals surface area contributed by atoms with Gasteiger partial charge in [0.2, 0.25) is 0 Å². The number of thiazole rings is 1. The number of halogens is 1. The highest BCUT2D eigenvalue weighted by atomic mass is 35.5. The summed E-state index contributed by atoms with van der Waals surface area (Å²) in [5.74, 6) is -1.26. The highest BCUT2D eigenvalue weighted by molar-refractivity contribution is 7.11. The lowest BCUT2D eigenvalue weighted by atomic mass is 10.1. The van der Waals surface area contributed by atoms with Gasteiger partial charge in [-0.1, -0.05) is 23.7 Å². The normalized spacial score (nSPS) is 10.3. The van der Waals surface area contributed by atoms with Crippen molar-refractivity contribution in [1.29, 1.82) is 0 Å². The summed E-state index contributed by atoms with van der Waals surface area (Å²) in [5, 5.41) is 5.79. The van der Waals surface area contributed by atoms with E-state index in [4.69, 9.17) is 16.3 Å². The molecule has 2 N–H and O–H groups in total. The van der Waals surface area contributed by atoms with Gasteiger partial charge in [0.1, 0.15) is 4.88 Å².